The number of carbonyl (C=O) groups excluding carboxylic acids is 1. The lowest BCUT2D eigenvalue weighted by atomic mass is 10.1. The zero-order valence-corrected chi connectivity index (χ0v) is 17.2. The number of amides is 1. The Morgan fingerprint density at radius 2 is 1.72 bits per heavy atom. The van der Waals surface area contributed by atoms with Crippen molar-refractivity contribution in [1.82, 2.24) is 0 Å². The minimum absolute atomic E-state index is 0.0436. The van der Waals surface area contributed by atoms with Crippen LogP contribution in [0.1, 0.15) is 35.3 Å². The molecule has 0 heterocycles. The van der Waals surface area contributed by atoms with E-state index in [4.69, 9.17) is 0 Å². The lowest BCUT2D eigenvalue weighted by molar-refractivity contribution is -0.137. The van der Waals surface area contributed by atoms with Crippen molar-refractivity contribution in [3.63, 3.8) is 0 Å². The second-order valence-electron chi connectivity index (χ2n) is 6.63. The van der Waals surface area contributed by atoms with Gasteiger partial charge in [-0.1, -0.05) is 12.1 Å². The molecule has 158 valence electrons. The highest BCUT2D eigenvalue weighted by Crippen LogP contribution is 2.35. The van der Waals surface area contributed by atoms with Gasteiger partial charge in [0.2, 0.25) is 0 Å². The van der Waals surface area contributed by atoms with E-state index in [2.05, 4.69) is 5.32 Å². The Morgan fingerprint density at radius 3 is 2.28 bits per heavy atom. The highest BCUT2D eigenvalue weighted by atomic mass is 32.2. The third-order valence-corrected chi connectivity index (χ3v) is 5.15. The second-order valence-corrected chi connectivity index (χ2v) is 8.77. The maximum Gasteiger partial charge on any atom is 0.416 e. The van der Waals surface area contributed by atoms with Crippen molar-refractivity contribution in [3.05, 3.63) is 59.2 Å². The van der Waals surface area contributed by atoms with E-state index in [0.29, 0.717) is 24.3 Å². The quantitative estimate of drug-likeness (QED) is 0.712. The van der Waals surface area contributed by atoms with Crippen molar-refractivity contribution in [3.8, 4) is 0 Å². The SMILES string of the molecule is CCN(CC)c1ccc(C(F)(F)F)cc1NC(=O)c1cccc(CS(C)(=O)=O)c1. The predicted molar refractivity (Wildman–Crippen MR) is 108 cm³/mol. The third kappa shape index (κ3) is 6.22. The summed E-state index contributed by atoms with van der Waals surface area (Å²) < 4.78 is 62.4. The highest BCUT2D eigenvalue weighted by molar-refractivity contribution is 7.89. The molecule has 9 heteroatoms. The molecule has 0 aliphatic rings. The van der Waals surface area contributed by atoms with Crippen LogP contribution in [0.25, 0.3) is 0 Å². The zero-order chi connectivity index (χ0) is 21.8. The van der Waals surface area contributed by atoms with Gasteiger partial charge in [0.15, 0.2) is 9.84 Å². The molecule has 0 atom stereocenters. The van der Waals surface area contributed by atoms with Gasteiger partial charge in [0.25, 0.3) is 5.91 Å². The first-order valence-corrected chi connectivity index (χ1v) is 11.0. The summed E-state index contributed by atoms with van der Waals surface area (Å²) in [7, 11) is -3.29. The van der Waals surface area contributed by atoms with Crippen molar-refractivity contribution in [2.24, 2.45) is 0 Å². The number of nitrogens with one attached hydrogen (secondary N) is 1. The van der Waals surface area contributed by atoms with Crippen LogP contribution in [-0.2, 0) is 21.8 Å². The lowest BCUT2D eigenvalue weighted by Crippen LogP contribution is -2.24. The summed E-state index contributed by atoms with van der Waals surface area (Å²) in [6, 6.07) is 9.23. The average molecular weight is 428 g/mol. The van der Waals surface area contributed by atoms with Crippen molar-refractivity contribution in [2.75, 3.05) is 29.6 Å². The molecule has 0 aliphatic heterocycles. The molecule has 0 unspecified atom stereocenters. The molecule has 2 aromatic carbocycles. The van der Waals surface area contributed by atoms with Crippen molar-refractivity contribution >= 4 is 27.1 Å². The van der Waals surface area contributed by atoms with E-state index in [0.717, 1.165) is 18.4 Å². The van der Waals surface area contributed by atoms with E-state index in [-0.39, 0.29) is 17.0 Å². The number of benzene rings is 2. The van der Waals surface area contributed by atoms with Crippen LogP contribution in [0.5, 0.6) is 0 Å². The molecule has 0 saturated heterocycles. The molecule has 2 rings (SSSR count). The van der Waals surface area contributed by atoms with Gasteiger partial charge in [-0.2, -0.15) is 13.2 Å². The van der Waals surface area contributed by atoms with Gasteiger partial charge in [0.05, 0.1) is 22.7 Å². The summed E-state index contributed by atoms with van der Waals surface area (Å²) in [4.78, 5) is 14.5. The van der Waals surface area contributed by atoms with E-state index in [1.807, 2.05) is 18.7 Å². The van der Waals surface area contributed by atoms with E-state index in [1.54, 1.807) is 6.07 Å². The number of hydrogen-bond acceptors (Lipinski definition) is 4. The summed E-state index contributed by atoms with van der Waals surface area (Å²) >= 11 is 0. The van der Waals surface area contributed by atoms with Gasteiger partial charge in [0.1, 0.15) is 0 Å². The molecule has 1 N–H and O–H groups in total. The van der Waals surface area contributed by atoms with E-state index >= 15 is 0 Å². The van der Waals surface area contributed by atoms with E-state index < -0.39 is 27.5 Å². The minimum Gasteiger partial charge on any atom is -0.370 e. The standard InChI is InChI=1S/C20H23F3N2O3S/c1-4-25(5-2)18-10-9-16(20(21,22)23)12-17(18)24-19(26)15-8-6-7-14(11-15)13-29(3,27)28/h6-12H,4-5,13H2,1-3H3,(H,24,26). The molecule has 2 aromatic rings. The van der Waals surface area contributed by atoms with Crippen LogP contribution >= 0.6 is 0 Å². The predicted octanol–water partition coefficient (Wildman–Crippen LogP) is 4.35. The van der Waals surface area contributed by atoms with Crippen LogP contribution in [-0.4, -0.2) is 33.7 Å². The minimum atomic E-state index is -4.54. The highest BCUT2D eigenvalue weighted by Gasteiger charge is 2.31. The van der Waals surface area contributed by atoms with E-state index in [1.165, 1.54) is 24.3 Å². The largest absolute Gasteiger partial charge is 0.416 e. The van der Waals surface area contributed by atoms with Gasteiger partial charge in [-0.3, -0.25) is 4.79 Å². The molecule has 0 aromatic heterocycles. The molecule has 0 fully saturated rings. The average Bonchev–Trinajstić information content (AvgIpc) is 2.61. The number of nitrogens with zero attached hydrogens (tertiary/aromatic N) is 1. The number of sulfone groups is 1. The summed E-state index contributed by atoms with van der Waals surface area (Å²) in [6.07, 6.45) is -3.46. The summed E-state index contributed by atoms with van der Waals surface area (Å²) in [6.45, 7) is 4.83. The molecule has 0 bridgehead atoms. The molecule has 0 spiro atoms. The van der Waals surface area contributed by atoms with E-state index in [9.17, 15) is 26.4 Å². The fourth-order valence-corrected chi connectivity index (χ4v) is 3.74. The second kappa shape index (κ2) is 8.86. The first-order valence-electron chi connectivity index (χ1n) is 8.98. The van der Waals surface area contributed by atoms with Crippen molar-refractivity contribution in [2.45, 2.75) is 25.8 Å². The normalized spacial score (nSPS) is 11.9. The van der Waals surface area contributed by atoms with Gasteiger partial charge in [-0.25, -0.2) is 8.42 Å². The van der Waals surface area contributed by atoms with Gasteiger partial charge in [-0.15, -0.1) is 0 Å². The number of carbonyl (C=O) groups is 1. The molecular formula is C20H23F3N2O3S. The zero-order valence-electron chi connectivity index (χ0n) is 16.4. The number of rotatable bonds is 7. The molecule has 0 saturated carbocycles. The van der Waals surface area contributed by atoms with Gasteiger partial charge >= 0.3 is 6.18 Å². The maximum atomic E-state index is 13.2. The van der Waals surface area contributed by atoms with Gasteiger partial charge in [-0.05, 0) is 49.7 Å². The monoisotopic (exact) mass is 428 g/mol. The molecule has 0 radical (unpaired) electrons. The maximum absolute atomic E-state index is 13.2. The number of anilines is 2. The number of hydrogen-bond donors (Lipinski definition) is 1. The van der Waals surface area contributed by atoms with Gasteiger partial charge in [0, 0.05) is 24.9 Å². The van der Waals surface area contributed by atoms with Crippen LogP contribution in [0, 0.1) is 0 Å². The Hall–Kier alpha value is -2.55. The summed E-state index contributed by atoms with van der Waals surface area (Å²) in [5.41, 5.74) is 0.238. The summed E-state index contributed by atoms with van der Waals surface area (Å²) in [5.74, 6) is -0.851. The molecule has 0 aliphatic carbocycles. The van der Waals surface area contributed by atoms with Crippen LogP contribution in [0.3, 0.4) is 0 Å². The molecular weight excluding hydrogens is 405 g/mol. The Bertz CT molecular complexity index is 985. The van der Waals surface area contributed by atoms with Gasteiger partial charge < -0.3 is 10.2 Å². The lowest BCUT2D eigenvalue weighted by Gasteiger charge is -2.25. The first-order chi connectivity index (χ1) is 13.4. The van der Waals surface area contributed by atoms with Crippen molar-refractivity contribution in [1.29, 1.82) is 0 Å². The van der Waals surface area contributed by atoms with Crippen LogP contribution in [0.2, 0.25) is 0 Å². The molecule has 1 amide bonds. The number of halogens is 3. The van der Waals surface area contributed by atoms with Crippen LogP contribution in [0.15, 0.2) is 42.5 Å². The smallest absolute Gasteiger partial charge is 0.370 e. The fourth-order valence-electron chi connectivity index (χ4n) is 2.95. The molecule has 5 nitrogen and oxygen atoms in total. The topological polar surface area (TPSA) is 66.5 Å². The number of alkyl halides is 3. The third-order valence-electron chi connectivity index (χ3n) is 4.29. The fraction of sp³-hybridized carbons (Fsp3) is 0.350. The van der Waals surface area contributed by atoms with Crippen molar-refractivity contribution < 1.29 is 26.4 Å². The Morgan fingerprint density at radius 1 is 1.07 bits per heavy atom. The Labute approximate surface area is 168 Å². The Kier molecular flexibility index (Phi) is 6.94. The summed E-state index contributed by atoms with van der Waals surface area (Å²) in [5, 5.41) is 2.55. The van der Waals surface area contributed by atoms with Crippen LogP contribution in [0.4, 0.5) is 24.5 Å². The molecule has 29 heavy (non-hydrogen) atoms. The van der Waals surface area contributed by atoms with Crippen LogP contribution < -0.4 is 10.2 Å². The first kappa shape index (κ1) is 22.7. The Balaban J connectivity index is 2.41.